The Morgan fingerprint density at radius 2 is 2.25 bits per heavy atom. The normalized spacial score (nSPS) is 9.92. The van der Waals surface area contributed by atoms with Gasteiger partial charge >= 0.3 is 0 Å². The number of hydrogen-bond acceptors (Lipinski definition) is 1. The van der Waals surface area contributed by atoms with Crippen LogP contribution in [0.15, 0.2) is 22.7 Å². The van der Waals surface area contributed by atoms with Crippen molar-refractivity contribution in [3.05, 3.63) is 31.8 Å². The first-order valence-corrected chi connectivity index (χ1v) is 5.40. The average Bonchev–Trinajstić information content (AvgIpc) is 1.96. The summed E-state index contributed by atoms with van der Waals surface area (Å²) < 4.78 is 2.22. The van der Waals surface area contributed by atoms with E-state index in [9.17, 15) is 4.79 Å². The Morgan fingerprint density at radius 3 is 2.75 bits per heavy atom. The fraction of sp³-hybridized carbons (Fsp3) is 0.222. The van der Waals surface area contributed by atoms with Crippen LogP contribution in [0.25, 0.3) is 0 Å². The number of rotatable bonds is 2. The van der Waals surface area contributed by atoms with Crippen LogP contribution in [0.5, 0.6) is 0 Å². The molecule has 0 aliphatic rings. The molecule has 1 aromatic rings. The molecule has 0 N–H and O–H groups in total. The van der Waals surface area contributed by atoms with E-state index < -0.39 is 0 Å². The summed E-state index contributed by atoms with van der Waals surface area (Å²) in [7, 11) is 0. The van der Waals surface area contributed by atoms with E-state index in [0.29, 0.717) is 6.42 Å². The predicted octanol–water partition coefficient (Wildman–Crippen LogP) is 3.19. The number of benzene rings is 1. The molecule has 0 saturated carbocycles. The standard InChI is InChI=1S/C9H8BrIO/c1-6(12)4-7-2-3-8(10)9(11)5-7/h2-3,5H,4H2,1H3. The van der Waals surface area contributed by atoms with Crippen molar-refractivity contribution in [1.29, 1.82) is 0 Å². The van der Waals surface area contributed by atoms with Crippen molar-refractivity contribution in [2.75, 3.05) is 0 Å². The number of Topliss-reactive ketones (excluding diaryl/α,β-unsaturated/α-hetero) is 1. The van der Waals surface area contributed by atoms with E-state index >= 15 is 0 Å². The van der Waals surface area contributed by atoms with Crippen molar-refractivity contribution < 1.29 is 4.79 Å². The lowest BCUT2D eigenvalue weighted by atomic mass is 10.1. The summed E-state index contributed by atoms with van der Waals surface area (Å²) in [4.78, 5) is 10.8. The molecule has 3 heteroatoms. The Hall–Kier alpha value is 0.1000. The third kappa shape index (κ3) is 2.86. The van der Waals surface area contributed by atoms with Crippen molar-refractivity contribution in [1.82, 2.24) is 0 Å². The fourth-order valence-electron chi connectivity index (χ4n) is 0.937. The molecule has 0 aromatic heterocycles. The monoisotopic (exact) mass is 338 g/mol. The van der Waals surface area contributed by atoms with Gasteiger partial charge in [-0.05, 0) is 63.1 Å². The van der Waals surface area contributed by atoms with E-state index in [1.807, 2.05) is 18.2 Å². The average molecular weight is 339 g/mol. The van der Waals surface area contributed by atoms with Crippen LogP contribution in [0.3, 0.4) is 0 Å². The van der Waals surface area contributed by atoms with E-state index in [-0.39, 0.29) is 5.78 Å². The van der Waals surface area contributed by atoms with Crippen molar-refractivity contribution in [2.24, 2.45) is 0 Å². The van der Waals surface area contributed by atoms with Crippen LogP contribution in [-0.4, -0.2) is 5.78 Å². The molecular weight excluding hydrogens is 331 g/mol. The van der Waals surface area contributed by atoms with Gasteiger partial charge in [-0.1, -0.05) is 6.07 Å². The Kier molecular flexibility index (Phi) is 3.71. The van der Waals surface area contributed by atoms with Crippen LogP contribution < -0.4 is 0 Å². The van der Waals surface area contributed by atoms with Gasteiger partial charge in [0.15, 0.2) is 0 Å². The number of hydrogen-bond donors (Lipinski definition) is 0. The van der Waals surface area contributed by atoms with Crippen LogP contribution >= 0.6 is 38.5 Å². The zero-order chi connectivity index (χ0) is 9.14. The molecule has 0 heterocycles. The molecule has 12 heavy (non-hydrogen) atoms. The molecule has 0 unspecified atom stereocenters. The maximum atomic E-state index is 10.8. The summed E-state index contributed by atoms with van der Waals surface area (Å²) in [6.07, 6.45) is 0.531. The second-order valence-corrected chi connectivity index (χ2v) is 4.64. The summed E-state index contributed by atoms with van der Waals surface area (Å²) in [5.74, 6) is 0.202. The van der Waals surface area contributed by atoms with Crippen molar-refractivity contribution in [3.8, 4) is 0 Å². The van der Waals surface area contributed by atoms with Gasteiger partial charge in [-0.25, -0.2) is 0 Å². The Morgan fingerprint density at radius 1 is 1.58 bits per heavy atom. The first-order chi connectivity index (χ1) is 5.59. The van der Waals surface area contributed by atoms with Gasteiger partial charge in [0.2, 0.25) is 0 Å². The highest BCUT2D eigenvalue weighted by atomic mass is 127. The minimum atomic E-state index is 0.202. The highest BCUT2D eigenvalue weighted by Gasteiger charge is 2.00. The third-order valence-electron chi connectivity index (χ3n) is 1.44. The lowest BCUT2D eigenvalue weighted by molar-refractivity contribution is -0.116. The summed E-state index contributed by atoms with van der Waals surface area (Å²) in [6, 6.07) is 5.96. The van der Waals surface area contributed by atoms with Gasteiger partial charge in [0.25, 0.3) is 0 Å². The molecule has 0 amide bonds. The second-order valence-electron chi connectivity index (χ2n) is 2.63. The summed E-state index contributed by atoms with van der Waals surface area (Å²) in [6.45, 7) is 1.61. The lowest BCUT2D eigenvalue weighted by Crippen LogP contribution is -1.96. The fourth-order valence-corrected chi connectivity index (χ4v) is 1.76. The van der Waals surface area contributed by atoms with E-state index in [2.05, 4.69) is 38.5 Å². The molecule has 0 radical (unpaired) electrons. The number of halogens is 2. The SMILES string of the molecule is CC(=O)Cc1ccc(Br)c(I)c1. The zero-order valence-corrected chi connectivity index (χ0v) is 10.3. The molecular formula is C9H8BrIO. The maximum Gasteiger partial charge on any atom is 0.134 e. The topological polar surface area (TPSA) is 17.1 Å². The predicted molar refractivity (Wildman–Crippen MR) is 61.2 cm³/mol. The van der Waals surface area contributed by atoms with Gasteiger partial charge in [0.1, 0.15) is 5.78 Å². The molecule has 0 aliphatic carbocycles. The summed E-state index contributed by atoms with van der Waals surface area (Å²) in [5, 5.41) is 0. The van der Waals surface area contributed by atoms with Gasteiger partial charge in [-0.2, -0.15) is 0 Å². The van der Waals surface area contributed by atoms with Crippen LogP contribution in [0.4, 0.5) is 0 Å². The molecule has 1 rings (SSSR count). The minimum absolute atomic E-state index is 0.202. The zero-order valence-electron chi connectivity index (χ0n) is 6.60. The second kappa shape index (κ2) is 4.37. The third-order valence-corrected chi connectivity index (χ3v) is 3.76. The van der Waals surface area contributed by atoms with Gasteiger partial charge in [0.05, 0.1) is 0 Å². The van der Waals surface area contributed by atoms with Crippen LogP contribution in [0.1, 0.15) is 12.5 Å². The minimum Gasteiger partial charge on any atom is -0.300 e. The molecule has 0 saturated heterocycles. The largest absolute Gasteiger partial charge is 0.300 e. The molecule has 0 spiro atoms. The van der Waals surface area contributed by atoms with Crippen LogP contribution in [0.2, 0.25) is 0 Å². The molecule has 64 valence electrons. The molecule has 1 nitrogen and oxygen atoms in total. The highest BCUT2D eigenvalue weighted by Crippen LogP contribution is 2.20. The maximum absolute atomic E-state index is 10.8. The number of ketones is 1. The molecule has 0 atom stereocenters. The molecule has 0 fully saturated rings. The molecule has 0 aliphatic heterocycles. The highest BCUT2D eigenvalue weighted by molar-refractivity contribution is 14.1. The molecule has 1 aromatic carbocycles. The first-order valence-electron chi connectivity index (χ1n) is 3.53. The van der Waals surface area contributed by atoms with Gasteiger partial charge in [0, 0.05) is 14.5 Å². The first kappa shape index (κ1) is 10.2. The van der Waals surface area contributed by atoms with Crippen molar-refractivity contribution in [3.63, 3.8) is 0 Å². The van der Waals surface area contributed by atoms with E-state index in [1.165, 1.54) is 0 Å². The van der Waals surface area contributed by atoms with Gasteiger partial charge in [-0.15, -0.1) is 0 Å². The van der Waals surface area contributed by atoms with Crippen molar-refractivity contribution >= 4 is 44.3 Å². The van der Waals surface area contributed by atoms with E-state index in [4.69, 9.17) is 0 Å². The van der Waals surface area contributed by atoms with E-state index in [0.717, 1.165) is 13.6 Å². The Balaban J connectivity index is 2.89. The van der Waals surface area contributed by atoms with Crippen LogP contribution in [0, 0.1) is 3.57 Å². The van der Waals surface area contributed by atoms with Crippen molar-refractivity contribution in [2.45, 2.75) is 13.3 Å². The smallest absolute Gasteiger partial charge is 0.134 e. The van der Waals surface area contributed by atoms with E-state index in [1.54, 1.807) is 6.92 Å². The number of carbonyl (C=O) groups is 1. The summed E-state index contributed by atoms with van der Waals surface area (Å²) >= 11 is 5.64. The van der Waals surface area contributed by atoms with Crippen LogP contribution in [-0.2, 0) is 11.2 Å². The number of carbonyl (C=O) groups excluding carboxylic acids is 1. The summed E-state index contributed by atoms with van der Waals surface area (Å²) in [5.41, 5.74) is 1.08. The molecule has 0 bridgehead atoms. The Labute approximate surface area is 93.8 Å². The Bertz CT molecular complexity index is 309. The lowest BCUT2D eigenvalue weighted by Gasteiger charge is -2.00. The van der Waals surface area contributed by atoms with Gasteiger partial charge < -0.3 is 0 Å². The van der Waals surface area contributed by atoms with Gasteiger partial charge in [-0.3, -0.25) is 4.79 Å². The quantitative estimate of drug-likeness (QED) is 0.757.